The summed E-state index contributed by atoms with van der Waals surface area (Å²) >= 11 is 0. The molecule has 1 atom stereocenters. The number of aromatic amines is 1. The quantitative estimate of drug-likeness (QED) is 0.769. The summed E-state index contributed by atoms with van der Waals surface area (Å²) in [4.78, 5) is 41.3. The van der Waals surface area contributed by atoms with Crippen molar-refractivity contribution < 1.29 is 14.0 Å². The molecule has 1 saturated heterocycles. The fourth-order valence-corrected chi connectivity index (χ4v) is 5.09. The first-order chi connectivity index (χ1) is 15.8. The zero-order chi connectivity index (χ0) is 23.7. The fourth-order valence-electron chi connectivity index (χ4n) is 5.09. The molecule has 1 aliphatic carbocycles. The van der Waals surface area contributed by atoms with Crippen molar-refractivity contribution in [1.82, 2.24) is 20.0 Å². The van der Waals surface area contributed by atoms with Crippen LogP contribution >= 0.6 is 0 Å². The number of hydrogen-bond acceptors (Lipinski definition) is 4. The Morgan fingerprint density at radius 1 is 1.15 bits per heavy atom. The minimum absolute atomic E-state index is 0.0247. The third-order valence-corrected chi connectivity index (χ3v) is 7.09. The van der Waals surface area contributed by atoms with E-state index < -0.39 is 11.7 Å². The van der Waals surface area contributed by atoms with Gasteiger partial charge in [-0.25, -0.2) is 9.49 Å². The topological polar surface area (TPSA) is 86.4 Å². The van der Waals surface area contributed by atoms with E-state index in [0.717, 1.165) is 31.2 Å². The summed E-state index contributed by atoms with van der Waals surface area (Å²) in [5.41, 5.74) is 2.45. The maximum atomic E-state index is 14.7. The van der Waals surface area contributed by atoms with Crippen molar-refractivity contribution in [1.29, 1.82) is 0 Å². The van der Waals surface area contributed by atoms with Crippen molar-refractivity contribution >= 4 is 11.8 Å². The lowest BCUT2D eigenvalue weighted by Crippen LogP contribution is -2.60. The van der Waals surface area contributed by atoms with Gasteiger partial charge in [0, 0.05) is 30.6 Å². The van der Waals surface area contributed by atoms with Gasteiger partial charge in [-0.1, -0.05) is 25.3 Å². The molecule has 0 radical (unpaired) electrons. The molecule has 8 heteroatoms. The lowest BCUT2D eigenvalue weighted by atomic mass is 9.92. The van der Waals surface area contributed by atoms with Gasteiger partial charge in [0.1, 0.15) is 12.4 Å². The molecule has 1 aromatic carbocycles. The summed E-state index contributed by atoms with van der Waals surface area (Å²) in [5, 5.41) is 6.59. The van der Waals surface area contributed by atoms with Crippen LogP contribution in [0.2, 0.25) is 0 Å². The number of benzene rings is 1. The van der Waals surface area contributed by atoms with Gasteiger partial charge in [0.15, 0.2) is 0 Å². The van der Waals surface area contributed by atoms with E-state index >= 15 is 0 Å². The van der Waals surface area contributed by atoms with Gasteiger partial charge >= 0.3 is 0 Å². The summed E-state index contributed by atoms with van der Waals surface area (Å²) in [5.74, 6) is -1.14. The van der Waals surface area contributed by atoms with E-state index in [1.807, 2.05) is 18.7 Å². The molecule has 2 aliphatic rings. The normalized spacial score (nSPS) is 19.8. The van der Waals surface area contributed by atoms with Crippen LogP contribution in [-0.4, -0.2) is 57.0 Å². The van der Waals surface area contributed by atoms with Gasteiger partial charge in [-0.05, 0) is 56.9 Å². The molecule has 1 saturated carbocycles. The number of piperazine rings is 1. The van der Waals surface area contributed by atoms with Gasteiger partial charge in [-0.15, -0.1) is 0 Å². The third-order valence-electron chi connectivity index (χ3n) is 7.09. The van der Waals surface area contributed by atoms with E-state index in [4.69, 9.17) is 0 Å². The number of amides is 2. The first-order valence-corrected chi connectivity index (χ1v) is 11.7. The maximum absolute atomic E-state index is 14.7. The predicted molar refractivity (Wildman–Crippen MR) is 123 cm³/mol. The molecule has 2 aromatic rings. The summed E-state index contributed by atoms with van der Waals surface area (Å²) in [6.45, 7) is 5.88. The van der Waals surface area contributed by atoms with Gasteiger partial charge in [0.25, 0.3) is 11.5 Å². The standard InChI is InChI=1S/C25H31FN4O3/c1-15-13-29(14-23(31)30(15)19-7-5-4-6-8-19)25(33)20-11-18(9-10-21(20)26)12-22-16(2)17(3)24(32)28-27-22/h9-11,15,19H,4-8,12-14H2,1-3H3,(H,28,32). The molecule has 1 N–H and O–H groups in total. The molecule has 7 nitrogen and oxygen atoms in total. The van der Waals surface area contributed by atoms with Crippen LogP contribution < -0.4 is 5.56 Å². The summed E-state index contributed by atoms with van der Waals surface area (Å²) in [6.07, 6.45) is 5.85. The van der Waals surface area contributed by atoms with Crippen molar-refractivity contribution in [2.45, 2.75) is 71.4 Å². The number of nitrogens with one attached hydrogen (secondary N) is 1. The van der Waals surface area contributed by atoms with Crippen molar-refractivity contribution in [2.24, 2.45) is 0 Å². The Balaban J connectivity index is 1.52. The lowest BCUT2D eigenvalue weighted by molar-refractivity contribution is -0.142. The average molecular weight is 455 g/mol. The van der Waals surface area contributed by atoms with Crippen molar-refractivity contribution in [3.8, 4) is 0 Å². The van der Waals surface area contributed by atoms with E-state index in [0.29, 0.717) is 29.8 Å². The number of nitrogens with zero attached hydrogens (tertiary/aromatic N) is 3. The highest BCUT2D eigenvalue weighted by Crippen LogP contribution is 2.27. The number of carbonyl (C=O) groups is 2. The van der Waals surface area contributed by atoms with Crippen LogP contribution in [0, 0.1) is 19.7 Å². The van der Waals surface area contributed by atoms with Gasteiger partial charge < -0.3 is 9.80 Å². The van der Waals surface area contributed by atoms with Crippen LogP contribution in [0.1, 0.15) is 71.8 Å². The smallest absolute Gasteiger partial charge is 0.267 e. The molecular formula is C25H31FN4O3. The molecule has 1 aromatic heterocycles. The van der Waals surface area contributed by atoms with Gasteiger partial charge in [0.2, 0.25) is 5.91 Å². The largest absolute Gasteiger partial charge is 0.334 e. The van der Waals surface area contributed by atoms with E-state index in [2.05, 4.69) is 10.2 Å². The van der Waals surface area contributed by atoms with Crippen LogP contribution in [-0.2, 0) is 11.2 Å². The Morgan fingerprint density at radius 3 is 2.58 bits per heavy atom. The Morgan fingerprint density at radius 2 is 1.88 bits per heavy atom. The Kier molecular flexibility index (Phi) is 6.63. The number of hydrogen-bond donors (Lipinski definition) is 1. The summed E-state index contributed by atoms with van der Waals surface area (Å²) < 4.78 is 14.7. The molecule has 33 heavy (non-hydrogen) atoms. The minimum Gasteiger partial charge on any atom is -0.334 e. The predicted octanol–water partition coefficient (Wildman–Crippen LogP) is 3.12. The molecule has 2 heterocycles. The highest BCUT2D eigenvalue weighted by atomic mass is 19.1. The van der Waals surface area contributed by atoms with Crippen molar-refractivity contribution in [2.75, 3.05) is 13.1 Å². The second kappa shape index (κ2) is 9.45. The Hall–Kier alpha value is -3.03. The highest BCUT2D eigenvalue weighted by Gasteiger charge is 2.37. The van der Waals surface area contributed by atoms with E-state index in [1.165, 1.54) is 23.5 Å². The first kappa shape index (κ1) is 23.1. The Bertz CT molecular complexity index is 1120. The van der Waals surface area contributed by atoms with E-state index in [9.17, 15) is 18.8 Å². The summed E-state index contributed by atoms with van der Waals surface area (Å²) in [6, 6.07) is 4.57. The van der Waals surface area contributed by atoms with Crippen molar-refractivity contribution in [3.63, 3.8) is 0 Å². The number of H-pyrrole nitrogens is 1. The first-order valence-electron chi connectivity index (χ1n) is 11.7. The third kappa shape index (κ3) is 4.70. The zero-order valence-corrected chi connectivity index (χ0v) is 19.5. The molecule has 176 valence electrons. The average Bonchev–Trinajstić information content (AvgIpc) is 2.80. The van der Waals surface area contributed by atoms with Crippen molar-refractivity contribution in [3.05, 3.63) is 62.3 Å². The number of halogens is 1. The van der Waals surface area contributed by atoms with Gasteiger partial charge in [-0.3, -0.25) is 14.4 Å². The Labute approximate surface area is 193 Å². The minimum atomic E-state index is -0.610. The van der Waals surface area contributed by atoms with Gasteiger partial charge in [-0.2, -0.15) is 5.10 Å². The molecule has 0 spiro atoms. The molecule has 0 bridgehead atoms. The number of rotatable bonds is 4. The number of aromatic nitrogens is 2. The lowest BCUT2D eigenvalue weighted by Gasteiger charge is -2.45. The second-order valence-electron chi connectivity index (χ2n) is 9.37. The SMILES string of the molecule is Cc1c(Cc2ccc(F)c(C(=O)N3CC(=O)N(C4CCCCC4)C(C)C3)c2)n[nH]c(=O)c1C. The van der Waals surface area contributed by atoms with Crippen LogP contribution in [0.15, 0.2) is 23.0 Å². The summed E-state index contributed by atoms with van der Waals surface area (Å²) in [7, 11) is 0. The maximum Gasteiger partial charge on any atom is 0.267 e. The van der Waals surface area contributed by atoms with Crippen LogP contribution in [0.25, 0.3) is 0 Å². The molecule has 1 aliphatic heterocycles. The highest BCUT2D eigenvalue weighted by molar-refractivity contribution is 5.97. The molecular weight excluding hydrogens is 423 g/mol. The molecule has 2 fully saturated rings. The monoisotopic (exact) mass is 454 g/mol. The zero-order valence-electron chi connectivity index (χ0n) is 19.5. The number of carbonyl (C=O) groups excluding carboxylic acids is 2. The molecule has 1 unspecified atom stereocenters. The van der Waals surface area contributed by atoms with Crippen LogP contribution in [0.3, 0.4) is 0 Å². The molecule has 2 amide bonds. The molecule has 4 rings (SSSR count). The van der Waals surface area contributed by atoms with Gasteiger partial charge in [0.05, 0.1) is 11.3 Å². The van der Waals surface area contributed by atoms with Crippen LogP contribution in [0.4, 0.5) is 4.39 Å². The van der Waals surface area contributed by atoms with E-state index in [1.54, 1.807) is 13.0 Å². The van der Waals surface area contributed by atoms with Crippen LogP contribution in [0.5, 0.6) is 0 Å². The fraction of sp³-hybridized carbons (Fsp3) is 0.520. The van der Waals surface area contributed by atoms with E-state index in [-0.39, 0.29) is 35.7 Å². The second-order valence-corrected chi connectivity index (χ2v) is 9.37.